The van der Waals surface area contributed by atoms with Crippen LogP contribution in [0.3, 0.4) is 0 Å². The van der Waals surface area contributed by atoms with Crippen molar-refractivity contribution in [1.82, 2.24) is 0 Å². The van der Waals surface area contributed by atoms with E-state index in [0.717, 1.165) is 6.92 Å². The summed E-state index contributed by atoms with van der Waals surface area (Å²) in [5, 5.41) is 0. The zero-order valence-electron chi connectivity index (χ0n) is 5.30. The minimum atomic E-state index is -4.90. The number of hydrogen-bond acceptors (Lipinski definition) is 0. The van der Waals surface area contributed by atoms with Crippen LogP contribution >= 0.6 is 11.6 Å². The lowest BCUT2D eigenvalue weighted by Crippen LogP contribution is -2.17. The molecule has 0 rings (SSSR count). The summed E-state index contributed by atoms with van der Waals surface area (Å²) in [6.45, 7) is 0.833. The van der Waals surface area contributed by atoms with Crippen LogP contribution in [0.1, 0.15) is 6.92 Å². The number of rotatable bonds is 0. The van der Waals surface area contributed by atoms with Gasteiger partial charge in [-0.1, -0.05) is 11.6 Å². The summed E-state index contributed by atoms with van der Waals surface area (Å²) in [6, 6.07) is 0. The predicted octanol–water partition coefficient (Wildman–Crippen LogP) is 3.35. The van der Waals surface area contributed by atoms with E-state index in [4.69, 9.17) is 0 Å². The zero-order chi connectivity index (χ0) is 9.65. The summed E-state index contributed by atoms with van der Waals surface area (Å²) in [5.74, 6) is 0. The van der Waals surface area contributed by atoms with Crippen molar-refractivity contribution in [2.45, 2.75) is 25.2 Å². The van der Waals surface area contributed by atoms with Crippen molar-refractivity contribution < 1.29 is 26.3 Å². The highest BCUT2D eigenvalue weighted by Gasteiger charge is 2.38. The van der Waals surface area contributed by atoms with Crippen molar-refractivity contribution in [2.24, 2.45) is 0 Å². The second-order valence-electron chi connectivity index (χ2n) is 1.36. The van der Waals surface area contributed by atoms with Gasteiger partial charge in [-0.15, -0.1) is 0 Å². The van der Waals surface area contributed by atoms with Gasteiger partial charge in [0.2, 0.25) is 6.43 Å². The molecule has 0 spiro atoms. The van der Waals surface area contributed by atoms with Crippen molar-refractivity contribution in [3.05, 3.63) is 0 Å². The molecule has 0 aromatic heterocycles. The molecule has 0 nitrogen and oxygen atoms in total. The number of halogens is 7. The molecule has 0 aromatic rings. The fourth-order valence-electron chi connectivity index (χ4n) is 0. The normalized spacial score (nSPS) is 13.9. The molecule has 0 bridgehead atoms. The second kappa shape index (κ2) is 5.51. The van der Waals surface area contributed by atoms with E-state index in [2.05, 4.69) is 11.6 Å². The van der Waals surface area contributed by atoms with Gasteiger partial charge in [0.15, 0.2) is 0 Å². The summed E-state index contributed by atoms with van der Waals surface area (Å²) in [4.78, 5) is 0. The van der Waals surface area contributed by atoms with E-state index in [0.29, 0.717) is 0 Å². The largest absolute Gasteiger partial charge is 0.433 e. The molecule has 0 heterocycles. The number of alkyl halides is 7. The summed E-state index contributed by atoms with van der Waals surface area (Å²) in [6.07, 6.45) is -7.07. The van der Waals surface area contributed by atoms with E-state index in [-0.39, 0.29) is 0 Å². The first-order chi connectivity index (χ1) is 4.68. The minimum Gasteiger partial charge on any atom is -0.220 e. The molecule has 11 heavy (non-hydrogen) atoms. The topological polar surface area (TPSA) is 0 Å². The Hall–Kier alpha value is -0.130. The van der Waals surface area contributed by atoms with Crippen LogP contribution < -0.4 is 0 Å². The van der Waals surface area contributed by atoms with Crippen molar-refractivity contribution in [3.8, 4) is 0 Å². The van der Waals surface area contributed by atoms with Gasteiger partial charge in [-0.05, 0) is 6.92 Å². The molecule has 1 unspecified atom stereocenters. The van der Waals surface area contributed by atoms with Crippen LogP contribution in [-0.2, 0) is 0 Å². The fraction of sp³-hybridized carbons (Fsp3) is 1.00. The molecule has 0 amide bonds. The van der Waals surface area contributed by atoms with Gasteiger partial charge in [-0.3, -0.25) is 0 Å². The van der Waals surface area contributed by atoms with Crippen molar-refractivity contribution in [2.75, 3.05) is 0 Å². The molecule has 1 atom stereocenters. The van der Waals surface area contributed by atoms with E-state index in [1.54, 1.807) is 0 Å². The van der Waals surface area contributed by atoms with Gasteiger partial charge in [0, 0.05) is 0 Å². The Morgan fingerprint density at radius 2 is 1.18 bits per heavy atom. The average Bonchev–Trinajstić information content (AvgIpc) is 1.59. The quantitative estimate of drug-likeness (QED) is 0.417. The van der Waals surface area contributed by atoms with Crippen LogP contribution in [0.15, 0.2) is 0 Å². The fourth-order valence-corrected chi connectivity index (χ4v) is 0. The summed E-state index contributed by atoms with van der Waals surface area (Å²) >= 11 is 3.96. The Labute approximate surface area is 64.1 Å². The smallest absolute Gasteiger partial charge is 0.220 e. The van der Waals surface area contributed by atoms with Crippen molar-refractivity contribution in [3.63, 3.8) is 0 Å². The summed E-state index contributed by atoms with van der Waals surface area (Å²) in [7, 11) is 0. The lowest BCUT2D eigenvalue weighted by molar-refractivity contribution is -0.156. The molecule has 70 valence electrons. The van der Waals surface area contributed by atoms with E-state index in [1.165, 1.54) is 0 Å². The van der Waals surface area contributed by atoms with E-state index in [1.807, 2.05) is 0 Å². The van der Waals surface area contributed by atoms with E-state index < -0.39 is 18.2 Å². The van der Waals surface area contributed by atoms with Crippen LogP contribution in [0.2, 0.25) is 0 Å². The molecular formula is C4H5ClF6. The van der Waals surface area contributed by atoms with Crippen LogP contribution in [0.4, 0.5) is 26.3 Å². The Balaban J connectivity index is 0. The minimum absolute atomic E-state index is 0.833. The highest BCUT2D eigenvalue weighted by atomic mass is 35.5. The van der Waals surface area contributed by atoms with Gasteiger partial charge in [0.05, 0.1) is 0 Å². The van der Waals surface area contributed by atoms with Gasteiger partial charge in [0.25, 0.3) is 5.63 Å². The molecule has 0 aromatic carbocycles. The average molecular weight is 203 g/mol. The maximum Gasteiger partial charge on any atom is 0.433 e. The maximum absolute atomic E-state index is 10.8. The van der Waals surface area contributed by atoms with Gasteiger partial charge >= 0.3 is 6.18 Å². The van der Waals surface area contributed by atoms with Crippen molar-refractivity contribution >= 4 is 11.6 Å². The molecule has 0 N–H and O–H groups in total. The Morgan fingerprint density at radius 1 is 1.09 bits per heavy atom. The first kappa shape index (κ1) is 13.5. The Kier molecular flexibility index (Phi) is 6.74. The molecule has 0 aliphatic carbocycles. The Morgan fingerprint density at radius 3 is 1.18 bits per heavy atom. The predicted molar refractivity (Wildman–Crippen MR) is 28.5 cm³/mol. The van der Waals surface area contributed by atoms with E-state index in [9.17, 15) is 26.3 Å². The molecular weight excluding hydrogens is 197 g/mol. The molecule has 0 aliphatic heterocycles. The molecule has 0 saturated heterocycles. The zero-order valence-corrected chi connectivity index (χ0v) is 6.06. The van der Waals surface area contributed by atoms with Gasteiger partial charge < -0.3 is 0 Å². The molecule has 0 fully saturated rings. The maximum atomic E-state index is 10.8. The standard InChI is InChI=1S/C2HClF4.C2H4F2/c3-1(4)2(5,6)7;1-2(3)4/h1H;2H,1H3. The lowest BCUT2D eigenvalue weighted by Gasteiger charge is -2.01. The number of hydrogen-bond donors (Lipinski definition) is 0. The van der Waals surface area contributed by atoms with Gasteiger partial charge in [-0.25, -0.2) is 13.2 Å². The molecule has 0 aliphatic rings. The first-order valence-corrected chi connectivity index (χ1v) is 2.74. The van der Waals surface area contributed by atoms with Crippen LogP contribution in [0, 0.1) is 0 Å². The summed E-state index contributed by atoms with van der Waals surface area (Å²) < 4.78 is 63.5. The first-order valence-electron chi connectivity index (χ1n) is 2.31. The second-order valence-corrected chi connectivity index (χ2v) is 1.74. The Bertz CT molecular complexity index is 84.3. The highest BCUT2D eigenvalue weighted by Crippen LogP contribution is 2.24. The SMILES string of the molecule is CC(F)F.FC(Cl)C(F)(F)F. The third-order valence-electron chi connectivity index (χ3n) is 0.247. The molecule has 7 heteroatoms. The lowest BCUT2D eigenvalue weighted by atomic mass is 10.7. The van der Waals surface area contributed by atoms with Crippen LogP contribution in [-0.4, -0.2) is 18.2 Å². The third kappa shape index (κ3) is 17.7. The van der Waals surface area contributed by atoms with Crippen LogP contribution in [0.5, 0.6) is 0 Å². The van der Waals surface area contributed by atoms with Gasteiger partial charge in [-0.2, -0.15) is 13.2 Å². The van der Waals surface area contributed by atoms with Gasteiger partial charge in [0.1, 0.15) is 0 Å². The monoisotopic (exact) mass is 202 g/mol. The highest BCUT2D eigenvalue weighted by molar-refractivity contribution is 6.20. The summed E-state index contributed by atoms with van der Waals surface area (Å²) in [5.41, 5.74) is -3.23. The molecule has 0 saturated carbocycles. The third-order valence-corrected chi connectivity index (χ3v) is 0.495. The van der Waals surface area contributed by atoms with Crippen molar-refractivity contribution in [1.29, 1.82) is 0 Å². The van der Waals surface area contributed by atoms with Crippen LogP contribution in [0.25, 0.3) is 0 Å². The molecule has 0 radical (unpaired) electrons. The van der Waals surface area contributed by atoms with E-state index >= 15 is 0 Å².